The highest BCUT2D eigenvalue weighted by Crippen LogP contribution is 2.30. The van der Waals surface area contributed by atoms with E-state index < -0.39 is 11.4 Å². The monoisotopic (exact) mass is 300 g/mol. The first-order valence-electron chi connectivity index (χ1n) is 6.40. The van der Waals surface area contributed by atoms with Crippen molar-refractivity contribution < 1.29 is 19.1 Å². The largest absolute Gasteiger partial charge is 0.478 e. The molecule has 1 heterocycles. The van der Waals surface area contributed by atoms with E-state index in [4.69, 9.17) is 14.9 Å². The first-order valence-corrected chi connectivity index (χ1v) is 6.40. The van der Waals surface area contributed by atoms with Crippen molar-refractivity contribution in [2.45, 2.75) is 6.61 Å². The minimum Gasteiger partial charge on any atom is -0.478 e. The number of hydrogen-bond acceptors (Lipinski definition) is 6. The van der Waals surface area contributed by atoms with Crippen molar-refractivity contribution in [2.75, 3.05) is 12.8 Å². The zero-order chi connectivity index (χ0) is 15.9. The molecule has 0 fully saturated rings. The van der Waals surface area contributed by atoms with Crippen LogP contribution in [0.15, 0.2) is 33.5 Å². The lowest BCUT2D eigenvalue weighted by atomic mass is 10.1. The van der Waals surface area contributed by atoms with Crippen molar-refractivity contribution in [2.24, 2.45) is 0 Å². The molecule has 0 unspecified atom stereocenters. The van der Waals surface area contributed by atoms with Crippen LogP contribution in [0.25, 0.3) is 22.6 Å². The summed E-state index contributed by atoms with van der Waals surface area (Å²) in [6.45, 7) is 0.295. The number of carbonyl (C=O) groups is 1. The summed E-state index contributed by atoms with van der Waals surface area (Å²) >= 11 is 0. The van der Waals surface area contributed by atoms with Crippen LogP contribution in [0.4, 0.5) is 5.69 Å². The summed E-state index contributed by atoms with van der Waals surface area (Å²) in [5, 5.41) is 9.31. The standard InChI is InChI=1S/C15H12N2O5/c1-21-6-7-3-2-4-9-13(7)17-14-10(22-9)5-8(18)12(16)11(14)15(19)20/h2-5H,6,16H2,1H3,(H,19,20). The molecule has 0 atom stereocenters. The molecule has 1 aromatic rings. The second-order valence-corrected chi connectivity index (χ2v) is 4.73. The number of methoxy groups -OCH3 is 1. The quantitative estimate of drug-likeness (QED) is 0.558. The van der Waals surface area contributed by atoms with Crippen molar-refractivity contribution in [1.82, 2.24) is 4.98 Å². The summed E-state index contributed by atoms with van der Waals surface area (Å²) in [7, 11) is 1.54. The molecular formula is C15H12N2O5. The topological polar surface area (TPSA) is 116 Å². The lowest BCUT2D eigenvalue weighted by Crippen LogP contribution is -2.17. The number of nitrogens with zero attached hydrogens (tertiary/aromatic N) is 1. The average Bonchev–Trinajstić information content (AvgIpc) is 2.47. The Balaban J connectivity index is 2.46. The second-order valence-electron chi connectivity index (χ2n) is 4.73. The number of hydrogen-bond donors (Lipinski definition) is 2. The zero-order valence-corrected chi connectivity index (χ0v) is 11.6. The molecule has 3 rings (SSSR count). The number of ether oxygens (including phenoxy) is 1. The fraction of sp³-hybridized carbons (Fsp3) is 0.133. The maximum absolute atomic E-state index is 11.8. The number of benzene rings is 2. The minimum atomic E-state index is -1.33. The van der Waals surface area contributed by atoms with Crippen molar-refractivity contribution >= 4 is 22.8 Å². The van der Waals surface area contributed by atoms with Crippen molar-refractivity contribution in [1.29, 1.82) is 0 Å². The summed E-state index contributed by atoms with van der Waals surface area (Å²) in [5.41, 5.74) is 5.97. The summed E-state index contributed by atoms with van der Waals surface area (Å²) in [6, 6.07) is 6.39. The summed E-state index contributed by atoms with van der Waals surface area (Å²) in [5.74, 6) is -1.25. The van der Waals surface area contributed by atoms with Gasteiger partial charge in [0.15, 0.2) is 11.3 Å². The van der Waals surface area contributed by atoms with E-state index in [9.17, 15) is 14.7 Å². The van der Waals surface area contributed by atoms with Gasteiger partial charge in [-0.15, -0.1) is 0 Å². The summed E-state index contributed by atoms with van der Waals surface area (Å²) < 4.78 is 10.7. The molecule has 0 saturated heterocycles. The number of anilines is 1. The Morgan fingerprint density at radius 1 is 1.45 bits per heavy atom. The molecule has 0 bridgehead atoms. The Morgan fingerprint density at radius 3 is 2.91 bits per heavy atom. The van der Waals surface area contributed by atoms with Gasteiger partial charge in [0.25, 0.3) is 0 Å². The lowest BCUT2D eigenvalue weighted by Gasteiger charge is -2.12. The van der Waals surface area contributed by atoms with E-state index in [1.54, 1.807) is 25.3 Å². The summed E-state index contributed by atoms with van der Waals surface area (Å²) in [4.78, 5) is 27.5. The van der Waals surface area contributed by atoms with Gasteiger partial charge in [-0.05, 0) is 6.07 Å². The number of rotatable bonds is 3. The Kier molecular flexibility index (Phi) is 3.26. The van der Waals surface area contributed by atoms with Gasteiger partial charge < -0.3 is 20.0 Å². The average molecular weight is 300 g/mol. The van der Waals surface area contributed by atoms with Gasteiger partial charge in [-0.25, -0.2) is 9.78 Å². The molecule has 0 saturated carbocycles. The van der Waals surface area contributed by atoms with Crippen LogP contribution in [0.2, 0.25) is 0 Å². The van der Waals surface area contributed by atoms with E-state index in [1.807, 2.05) is 0 Å². The molecule has 1 aromatic carbocycles. The predicted molar refractivity (Wildman–Crippen MR) is 79.0 cm³/mol. The van der Waals surface area contributed by atoms with E-state index in [-0.39, 0.29) is 22.7 Å². The molecule has 1 aliphatic heterocycles. The van der Waals surface area contributed by atoms with Crippen LogP contribution in [-0.4, -0.2) is 23.2 Å². The van der Waals surface area contributed by atoms with Crippen LogP contribution >= 0.6 is 0 Å². The fourth-order valence-electron chi connectivity index (χ4n) is 2.32. The van der Waals surface area contributed by atoms with Gasteiger partial charge in [0.1, 0.15) is 16.8 Å². The molecule has 1 aliphatic carbocycles. The number of nitrogens with two attached hydrogens (primary N) is 1. The first kappa shape index (κ1) is 14.0. The van der Waals surface area contributed by atoms with Crippen LogP contribution in [-0.2, 0) is 11.3 Å². The summed E-state index contributed by atoms with van der Waals surface area (Å²) in [6.07, 6.45) is 0. The van der Waals surface area contributed by atoms with Gasteiger partial charge in [-0.3, -0.25) is 4.79 Å². The minimum absolute atomic E-state index is 0.0423. The second kappa shape index (κ2) is 5.12. The van der Waals surface area contributed by atoms with E-state index in [0.29, 0.717) is 17.7 Å². The third-order valence-corrected chi connectivity index (χ3v) is 3.31. The van der Waals surface area contributed by atoms with Crippen molar-refractivity contribution in [3.8, 4) is 11.5 Å². The number of nitrogen functional groups attached to an aromatic ring is 1. The number of aromatic carboxylic acids is 1. The SMILES string of the molecule is COCc1cccc2oc3cc(=O)c(N)c(C(=O)O)c-3nc12. The van der Waals surface area contributed by atoms with E-state index >= 15 is 0 Å². The molecule has 3 N–H and O–H groups in total. The molecule has 0 spiro atoms. The van der Waals surface area contributed by atoms with Gasteiger partial charge in [0.05, 0.1) is 12.3 Å². The predicted octanol–water partition coefficient (Wildman–Crippen LogP) is 1.72. The Bertz CT molecular complexity index is 916. The van der Waals surface area contributed by atoms with E-state index in [1.165, 1.54) is 0 Å². The molecule has 0 amide bonds. The van der Waals surface area contributed by atoms with Crippen LogP contribution in [0.5, 0.6) is 0 Å². The highest BCUT2D eigenvalue weighted by atomic mass is 16.5. The Labute approximate surface area is 124 Å². The van der Waals surface area contributed by atoms with E-state index in [2.05, 4.69) is 4.98 Å². The van der Waals surface area contributed by atoms with Gasteiger partial charge in [0, 0.05) is 18.7 Å². The molecule has 7 nitrogen and oxygen atoms in total. The number of fused-ring (bicyclic) bond motifs is 2. The highest BCUT2D eigenvalue weighted by Gasteiger charge is 2.24. The number of carboxylic acids is 1. The molecule has 0 aromatic heterocycles. The third kappa shape index (κ3) is 2.08. The molecule has 112 valence electrons. The first-order chi connectivity index (χ1) is 10.5. The third-order valence-electron chi connectivity index (χ3n) is 3.31. The molecule has 7 heteroatoms. The van der Waals surface area contributed by atoms with Crippen LogP contribution in [0.1, 0.15) is 15.9 Å². The molecule has 2 aliphatic rings. The van der Waals surface area contributed by atoms with Gasteiger partial charge in [0.2, 0.25) is 5.43 Å². The lowest BCUT2D eigenvalue weighted by molar-refractivity contribution is 0.0698. The van der Waals surface area contributed by atoms with Crippen LogP contribution in [0, 0.1) is 0 Å². The van der Waals surface area contributed by atoms with Crippen LogP contribution < -0.4 is 11.2 Å². The molecule has 0 radical (unpaired) electrons. The Hall–Kier alpha value is -2.93. The zero-order valence-electron chi connectivity index (χ0n) is 11.6. The van der Waals surface area contributed by atoms with E-state index in [0.717, 1.165) is 11.6 Å². The number of para-hydroxylation sites is 1. The van der Waals surface area contributed by atoms with Crippen molar-refractivity contribution in [3.05, 3.63) is 45.6 Å². The number of carboxylic acid groups (broad SMARTS) is 1. The number of aromatic nitrogens is 1. The van der Waals surface area contributed by atoms with Gasteiger partial charge >= 0.3 is 5.97 Å². The maximum atomic E-state index is 11.8. The van der Waals surface area contributed by atoms with Gasteiger partial charge in [-0.2, -0.15) is 0 Å². The molecule has 22 heavy (non-hydrogen) atoms. The smallest absolute Gasteiger partial charge is 0.340 e. The highest BCUT2D eigenvalue weighted by molar-refractivity contribution is 6.01. The Morgan fingerprint density at radius 2 is 2.23 bits per heavy atom. The fourth-order valence-corrected chi connectivity index (χ4v) is 2.32. The normalized spacial score (nSPS) is 11.1. The maximum Gasteiger partial charge on any atom is 0.340 e. The van der Waals surface area contributed by atoms with Crippen molar-refractivity contribution in [3.63, 3.8) is 0 Å². The van der Waals surface area contributed by atoms with Crippen LogP contribution in [0.3, 0.4) is 0 Å². The van der Waals surface area contributed by atoms with Gasteiger partial charge in [-0.1, -0.05) is 12.1 Å². The molecular weight excluding hydrogens is 288 g/mol.